The highest BCUT2D eigenvalue weighted by Crippen LogP contribution is 2.23. The van der Waals surface area contributed by atoms with Crippen molar-refractivity contribution >= 4 is 23.1 Å². The number of hydrogen-bond donors (Lipinski definition) is 1. The Balaban J connectivity index is 2.58. The SMILES string of the molecule is O=c1[nH]c(-c2ccccc2Cl)ns1. The molecule has 0 aliphatic rings. The molecule has 0 unspecified atom stereocenters. The van der Waals surface area contributed by atoms with E-state index < -0.39 is 0 Å². The predicted octanol–water partition coefficient (Wildman–Crippen LogP) is 2.15. The van der Waals surface area contributed by atoms with E-state index in [2.05, 4.69) is 9.36 Å². The minimum Gasteiger partial charge on any atom is -0.296 e. The van der Waals surface area contributed by atoms with Crippen molar-refractivity contribution < 1.29 is 0 Å². The molecule has 5 heteroatoms. The Kier molecular flexibility index (Phi) is 2.16. The number of hydrogen-bond acceptors (Lipinski definition) is 3. The van der Waals surface area contributed by atoms with Gasteiger partial charge in [-0.05, 0) is 12.1 Å². The summed E-state index contributed by atoms with van der Waals surface area (Å²) in [7, 11) is 0. The van der Waals surface area contributed by atoms with E-state index in [9.17, 15) is 4.79 Å². The van der Waals surface area contributed by atoms with Gasteiger partial charge in [-0.3, -0.25) is 9.78 Å². The van der Waals surface area contributed by atoms with E-state index in [1.165, 1.54) is 0 Å². The van der Waals surface area contributed by atoms with Crippen molar-refractivity contribution in [2.45, 2.75) is 0 Å². The Hall–Kier alpha value is -1.13. The molecule has 1 heterocycles. The highest BCUT2D eigenvalue weighted by Gasteiger charge is 2.05. The number of H-pyrrole nitrogens is 1. The Morgan fingerprint density at radius 1 is 1.38 bits per heavy atom. The van der Waals surface area contributed by atoms with Gasteiger partial charge in [-0.1, -0.05) is 23.7 Å². The van der Waals surface area contributed by atoms with Gasteiger partial charge in [-0.2, -0.15) is 4.37 Å². The number of aromatic amines is 1. The van der Waals surface area contributed by atoms with E-state index in [0.29, 0.717) is 10.8 Å². The van der Waals surface area contributed by atoms with Crippen LogP contribution < -0.4 is 4.87 Å². The predicted molar refractivity (Wildman–Crippen MR) is 53.2 cm³/mol. The van der Waals surface area contributed by atoms with Crippen LogP contribution in [0.15, 0.2) is 29.1 Å². The molecule has 66 valence electrons. The van der Waals surface area contributed by atoms with Gasteiger partial charge in [-0.25, -0.2) is 0 Å². The van der Waals surface area contributed by atoms with Crippen molar-refractivity contribution in [2.24, 2.45) is 0 Å². The summed E-state index contributed by atoms with van der Waals surface area (Å²) in [6, 6.07) is 7.25. The van der Waals surface area contributed by atoms with Gasteiger partial charge in [0.15, 0.2) is 5.82 Å². The lowest BCUT2D eigenvalue weighted by molar-refractivity contribution is 1.28. The standard InChI is InChI=1S/C8H5ClN2OS/c9-6-4-2-1-3-5(6)7-10-8(12)13-11-7/h1-4H,(H,10,11,12). The van der Waals surface area contributed by atoms with Gasteiger partial charge in [0.25, 0.3) is 0 Å². The zero-order chi connectivity index (χ0) is 9.26. The fraction of sp³-hybridized carbons (Fsp3) is 0. The van der Waals surface area contributed by atoms with Crippen LogP contribution in [0.1, 0.15) is 0 Å². The molecule has 0 saturated carbocycles. The lowest BCUT2D eigenvalue weighted by Gasteiger charge is -1.97. The summed E-state index contributed by atoms with van der Waals surface area (Å²) in [5, 5.41) is 0.587. The molecule has 0 amide bonds. The van der Waals surface area contributed by atoms with Crippen molar-refractivity contribution in [1.29, 1.82) is 0 Å². The minimum atomic E-state index is -0.171. The molecule has 3 nitrogen and oxygen atoms in total. The third kappa shape index (κ3) is 1.64. The minimum absolute atomic E-state index is 0.171. The lowest BCUT2D eigenvalue weighted by atomic mass is 10.2. The van der Waals surface area contributed by atoms with Gasteiger partial charge in [-0.15, -0.1) is 0 Å². The lowest BCUT2D eigenvalue weighted by Crippen LogP contribution is -1.92. The molecule has 1 aromatic carbocycles. The molecule has 0 atom stereocenters. The Morgan fingerprint density at radius 3 is 2.77 bits per heavy atom. The van der Waals surface area contributed by atoms with E-state index in [1.807, 2.05) is 18.2 Å². The van der Waals surface area contributed by atoms with Crippen molar-refractivity contribution in [3.05, 3.63) is 39.0 Å². The first-order valence-electron chi connectivity index (χ1n) is 3.58. The number of nitrogens with one attached hydrogen (secondary N) is 1. The average Bonchev–Trinajstić information content (AvgIpc) is 2.53. The van der Waals surface area contributed by atoms with Crippen molar-refractivity contribution in [2.75, 3.05) is 0 Å². The molecule has 2 aromatic rings. The monoisotopic (exact) mass is 212 g/mol. The van der Waals surface area contributed by atoms with Crippen LogP contribution >= 0.6 is 23.1 Å². The first-order valence-corrected chi connectivity index (χ1v) is 4.73. The Bertz CT molecular complexity index is 477. The summed E-state index contributed by atoms with van der Waals surface area (Å²) >= 11 is 6.80. The fourth-order valence-corrected chi connectivity index (χ4v) is 1.68. The molecule has 0 radical (unpaired) electrons. The number of aromatic nitrogens is 2. The number of rotatable bonds is 1. The molecule has 1 aromatic heterocycles. The van der Waals surface area contributed by atoms with Crippen LogP contribution in [0.5, 0.6) is 0 Å². The Labute approximate surface area is 83.2 Å². The maximum absolute atomic E-state index is 10.8. The summed E-state index contributed by atoms with van der Waals surface area (Å²) in [6.45, 7) is 0. The van der Waals surface area contributed by atoms with Crippen LogP contribution in [0.25, 0.3) is 11.4 Å². The molecule has 13 heavy (non-hydrogen) atoms. The van der Waals surface area contributed by atoms with Gasteiger partial charge < -0.3 is 0 Å². The number of nitrogens with zero attached hydrogens (tertiary/aromatic N) is 1. The van der Waals surface area contributed by atoms with E-state index in [4.69, 9.17) is 11.6 Å². The largest absolute Gasteiger partial charge is 0.323 e. The summed E-state index contributed by atoms with van der Waals surface area (Å²) in [5.74, 6) is 0.528. The van der Waals surface area contributed by atoms with Crippen LogP contribution in [0.2, 0.25) is 5.02 Å². The molecule has 0 bridgehead atoms. The molecule has 1 N–H and O–H groups in total. The van der Waals surface area contributed by atoms with Gasteiger partial charge in [0.1, 0.15) is 0 Å². The van der Waals surface area contributed by atoms with Crippen LogP contribution in [0.3, 0.4) is 0 Å². The zero-order valence-corrected chi connectivity index (χ0v) is 8.02. The van der Waals surface area contributed by atoms with Crippen LogP contribution in [0, 0.1) is 0 Å². The molecule has 0 saturated heterocycles. The Morgan fingerprint density at radius 2 is 2.15 bits per heavy atom. The third-order valence-corrected chi connectivity index (χ3v) is 2.44. The molecule has 0 spiro atoms. The molecule has 0 aliphatic carbocycles. The summed E-state index contributed by atoms with van der Waals surface area (Å²) < 4.78 is 3.94. The van der Waals surface area contributed by atoms with E-state index in [0.717, 1.165) is 17.1 Å². The van der Waals surface area contributed by atoms with Crippen LogP contribution in [-0.4, -0.2) is 9.36 Å². The van der Waals surface area contributed by atoms with Crippen molar-refractivity contribution in [1.82, 2.24) is 9.36 Å². The third-order valence-electron chi connectivity index (χ3n) is 1.57. The zero-order valence-electron chi connectivity index (χ0n) is 6.45. The van der Waals surface area contributed by atoms with Gasteiger partial charge in [0, 0.05) is 17.1 Å². The summed E-state index contributed by atoms with van der Waals surface area (Å²) in [4.78, 5) is 13.3. The topological polar surface area (TPSA) is 45.8 Å². The first kappa shape index (κ1) is 8.47. The highest BCUT2D eigenvalue weighted by atomic mass is 35.5. The number of benzene rings is 1. The number of halogens is 1. The molecule has 2 rings (SSSR count). The van der Waals surface area contributed by atoms with E-state index in [1.54, 1.807) is 6.07 Å². The second-order valence-corrected chi connectivity index (χ2v) is 3.57. The maximum atomic E-state index is 10.8. The second-order valence-electron chi connectivity index (χ2n) is 2.42. The first-order chi connectivity index (χ1) is 6.27. The van der Waals surface area contributed by atoms with Crippen molar-refractivity contribution in [3.63, 3.8) is 0 Å². The van der Waals surface area contributed by atoms with Gasteiger partial charge >= 0.3 is 4.87 Å². The smallest absolute Gasteiger partial charge is 0.296 e. The van der Waals surface area contributed by atoms with E-state index in [-0.39, 0.29) is 4.87 Å². The summed E-state index contributed by atoms with van der Waals surface area (Å²) in [5.41, 5.74) is 0.752. The highest BCUT2D eigenvalue weighted by molar-refractivity contribution is 7.03. The molecular weight excluding hydrogens is 208 g/mol. The van der Waals surface area contributed by atoms with Gasteiger partial charge in [0.2, 0.25) is 0 Å². The quantitative estimate of drug-likeness (QED) is 0.788. The normalized spacial score (nSPS) is 10.2. The molecule has 0 aliphatic heterocycles. The van der Waals surface area contributed by atoms with E-state index >= 15 is 0 Å². The van der Waals surface area contributed by atoms with Crippen LogP contribution in [0.4, 0.5) is 0 Å². The molecule has 0 fully saturated rings. The average molecular weight is 213 g/mol. The summed E-state index contributed by atoms with van der Waals surface area (Å²) in [6.07, 6.45) is 0. The fourth-order valence-electron chi connectivity index (χ4n) is 0.999. The van der Waals surface area contributed by atoms with Crippen LogP contribution in [-0.2, 0) is 0 Å². The maximum Gasteiger partial charge on any atom is 0.323 e. The second kappa shape index (κ2) is 3.32. The van der Waals surface area contributed by atoms with Crippen molar-refractivity contribution in [3.8, 4) is 11.4 Å². The van der Waals surface area contributed by atoms with Gasteiger partial charge in [0.05, 0.1) is 5.02 Å². The molecular formula is C8H5ClN2OS.